The molecule has 84 valence electrons. The van der Waals surface area contributed by atoms with Crippen LogP contribution in [0.4, 0.5) is 0 Å². The number of hydroxylamine groups is 1. The van der Waals surface area contributed by atoms with Crippen molar-refractivity contribution in [2.75, 3.05) is 6.61 Å². The molecule has 1 aromatic rings. The summed E-state index contributed by atoms with van der Waals surface area (Å²) in [4.78, 5) is 15.1. The highest BCUT2D eigenvalue weighted by Gasteiger charge is 2.02. The second-order valence-corrected chi connectivity index (χ2v) is 3.40. The first-order valence-corrected chi connectivity index (χ1v) is 4.82. The summed E-state index contributed by atoms with van der Waals surface area (Å²) in [6.45, 7) is 0.131. The average molecular weight is 240 g/mol. The molecule has 16 heavy (non-hydrogen) atoms. The summed E-state index contributed by atoms with van der Waals surface area (Å²) in [6.07, 6.45) is 0. The second-order valence-electron chi connectivity index (χ2n) is 2.99. The molecule has 0 saturated heterocycles. The van der Waals surface area contributed by atoms with Crippen molar-refractivity contribution in [1.29, 1.82) is 5.26 Å². The number of carbonyl (C=O) groups excluding carboxylic acids is 1. The van der Waals surface area contributed by atoms with Gasteiger partial charge in [0, 0.05) is 11.6 Å². The predicted molar refractivity (Wildman–Crippen MR) is 58.2 cm³/mol. The summed E-state index contributed by atoms with van der Waals surface area (Å²) in [5, 5.41) is 9.09. The normalized spacial score (nSPS) is 9.75. The van der Waals surface area contributed by atoms with Gasteiger partial charge in [-0.2, -0.15) is 10.7 Å². The molecule has 0 saturated carbocycles. The van der Waals surface area contributed by atoms with Crippen LogP contribution in [0, 0.1) is 11.3 Å². The zero-order valence-corrected chi connectivity index (χ0v) is 9.12. The van der Waals surface area contributed by atoms with Crippen LogP contribution in [-0.4, -0.2) is 12.5 Å². The summed E-state index contributed by atoms with van der Waals surface area (Å²) in [5.74, 6) is -0.557. The molecule has 1 rings (SSSR count). The molecule has 0 bridgehead atoms. The van der Waals surface area contributed by atoms with Gasteiger partial charge in [-0.05, 0) is 17.7 Å². The Kier molecular flexibility index (Phi) is 4.73. The van der Waals surface area contributed by atoms with Crippen LogP contribution in [0.15, 0.2) is 18.2 Å². The van der Waals surface area contributed by atoms with Gasteiger partial charge >= 0.3 is 0 Å². The van der Waals surface area contributed by atoms with Crippen LogP contribution < -0.4 is 11.2 Å². The fourth-order valence-corrected chi connectivity index (χ4v) is 1.26. The Hall–Kier alpha value is -1.61. The first kappa shape index (κ1) is 12.5. The molecule has 0 fully saturated rings. The van der Waals surface area contributed by atoms with E-state index in [1.807, 2.05) is 6.07 Å². The number of carbonyl (C=O) groups is 1. The third-order valence-electron chi connectivity index (χ3n) is 1.76. The highest BCUT2D eigenvalue weighted by molar-refractivity contribution is 6.31. The van der Waals surface area contributed by atoms with Crippen molar-refractivity contribution in [2.24, 2.45) is 5.73 Å². The molecule has 0 radical (unpaired) electrons. The highest BCUT2D eigenvalue weighted by atomic mass is 35.5. The summed E-state index contributed by atoms with van der Waals surface area (Å²) >= 11 is 5.91. The van der Waals surface area contributed by atoms with Crippen molar-refractivity contribution in [2.45, 2.75) is 6.54 Å². The first-order chi connectivity index (χ1) is 7.63. The molecule has 1 amide bonds. The number of benzene rings is 1. The Labute approximate surface area is 97.7 Å². The number of nitrogens with two attached hydrogens (primary N) is 1. The molecule has 0 unspecified atom stereocenters. The number of nitrogens with one attached hydrogen (secondary N) is 1. The number of nitriles is 1. The Morgan fingerprint density at radius 3 is 2.94 bits per heavy atom. The lowest BCUT2D eigenvalue weighted by Crippen LogP contribution is -2.24. The van der Waals surface area contributed by atoms with Crippen molar-refractivity contribution in [3.63, 3.8) is 0 Å². The van der Waals surface area contributed by atoms with Crippen LogP contribution in [0.2, 0.25) is 5.02 Å². The van der Waals surface area contributed by atoms with Crippen molar-refractivity contribution in [3.8, 4) is 6.07 Å². The van der Waals surface area contributed by atoms with Crippen LogP contribution >= 0.6 is 11.6 Å². The molecule has 6 heteroatoms. The van der Waals surface area contributed by atoms with Gasteiger partial charge in [-0.3, -0.25) is 9.63 Å². The number of primary amides is 1. The van der Waals surface area contributed by atoms with Crippen LogP contribution in [0.1, 0.15) is 11.1 Å². The van der Waals surface area contributed by atoms with Crippen LogP contribution in [0.25, 0.3) is 0 Å². The van der Waals surface area contributed by atoms with E-state index in [0.717, 1.165) is 5.56 Å². The SMILES string of the molecule is N#Cc1ccc(CNOCC(N)=O)c(Cl)c1. The van der Waals surface area contributed by atoms with E-state index in [1.165, 1.54) is 0 Å². The average Bonchev–Trinajstić information content (AvgIpc) is 2.25. The number of nitrogens with zero attached hydrogens (tertiary/aromatic N) is 1. The molecule has 1 aromatic carbocycles. The van der Waals surface area contributed by atoms with Crippen LogP contribution in [0.5, 0.6) is 0 Å². The van der Waals surface area contributed by atoms with Gasteiger partial charge in [-0.1, -0.05) is 17.7 Å². The van der Waals surface area contributed by atoms with Crippen LogP contribution in [0.3, 0.4) is 0 Å². The van der Waals surface area contributed by atoms with E-state index in [9.17, 15) is 4.79 Å². The van der Waals surface area contributed by atoms with E-state index < -0.39 is 5.91 Å². The number of hydrogen-bond acceptors (Lipinski definition) is 4. The van der Waals surface area contributed by atoms with Crippen molar-refractivity contribution >= 4 is 17.5 Å². The van der Waals surface area contributed by atoms with Gasteiger partial charge in [0.25, 0.3) is 0 Å². The van der Waals surface area contributed by atoms with E-state index in [4.69, 9.17) is 27.4 Å². The van der Waals surface area contributed by atoms with Crippen molar-refractivity contribution in [1.82, 2.24) is 5.48 Å². The zero-order valence-electron chi connectivity index (χ0n) is 8.37. The summed E-state index contributed by atoms with van der Waals surface area (Å²) < 4.78 is 0. The van der Waals surface area contributed by atoms with Gasteiger partial charge < -0.3 is 5.73 Å². The molecule has 0 aliphatic carbocycles. The maximum absolute atomic E-state index is 10.4. The lowest BCUT2D eigenvalue weighted by molar-refractivity contribution is -0.125. The summed E-state index contributed by atoms with van der Waals surface area (Å²) in [7, 11) is 0. The molecule has 0 atom stereocenters. The van der Waals surface area contributed by atoms with Gasteiger partial charge in [0.05, 0.1) is 11.6 Å². The van der Waals surface area contributed by atoms with Gasteiger partial charge in [0.2, 0.25) is 5.91 Å². The van der Waals surface area contributed by atoms with Crippen LogP contribution in [-0.2, 0) is 16.2 Å². The van der Waals surface area contributed by atoms with Gasteiger partial charge in [-0.15, -0.1) is 0 Å². The van der Waals surface area contributed by atoms with Crippen molar-refractivity contribution in [3.05, 3.63) is 34.3 Å². The smallest absolute Gasteiger partial charge is 0.245 e. The summed E-state index contributed by atoms with van der Waals surface area (Å²) in [6, 6.07) is 6.90. The van der Waals surface area contributed by atoms with Gasteiger partial charge in [-0.25, -0.2) is 0 Å². The minimum absolute atomic E-state index is 0.200. The highest BCUT2D eigenvalue weighted by Crippen LogP contribution is 2.17. The molecule has 0 aliphatic rings. The lowest BCUT2D eigenvalue weighted by Gasteiger charge is -2.06. The minimum Gasteiger partial charge on any atom is -0.368 e. The molecule has 0 aromatic heterocycles. The number of hydrogen-bond donors (Lipinski definition) is 2. The van der Waals surface area contributed by atoms with E-state index in [-0.39, 0.29) is 6.61 Å². The fourth-order valence-electron chi connectivity index (χ4n) is 1.01. The standard InChI is InChI=1S/C10H10ClN3O2/c11-9-3-7(4-12)1-2-8(9)5-14-16-6-10(13)15/h1-3,14H,5-6H2,(H2,13,15). The van der Waals surface area contributed by atoms with Gasteiger partial charge in [0.15, 0.2) is 0 Å². The quantitative estimate of drug-likeness (QED) is 0.585. The molecule has 3 N–H and O–H groups in total. The fraction of sp³-hybridized carbons (Fsp3) is 0.200. The van der Waals surface area contributed by atoms with E-state index in [1.54, 1.807) is 18.2 Å². The maximum Gasteiger partial charge on any atom is 0.245 e. The third-order valence-corrected chi connectivity index (χ3v) is 2.11. The largest absolute Gasteiger partial charge is 0.368 e. The monoisotopic (exact) mass is 239 g/mol. The Bertz CT molecular complexity index is 429. The number of halogens is 1. The molecular weight excluding hydrogens is 230 g/mol. The lowest BCUT2D eigenvalue weighted by atomic mass is 10.1. The Morgan fingerprint density at radius 1 is 1.62 bits per heavy atom. The van der Waals surface area contributed by atoms with E-state index in [0.29, 0.717) is 17.1 Å². The number of amides is 1. The molecular formula is C10H10ClN3O2. The van der Waals surface area contributed by atoms with Crippen molar-refractivity contribution < 1.29 is 9.63 Å². The zero-order chi connectivity index (χ0) is 12.0. The molecule has 5 nitrogen and oxygen atoms in total. The number of rotatable bonds is 5. The topological polar surface area (TPSA) is 88.1 Å². The Balaban J connectivity index is 2.49. The third kappa shape index (κ3) is 3.87. The maximum atomic E-state index is 10.4. The molecule has 0 heterocycles. The minimum atomic E-state index is -0.557. The van der Waals surface area contributed by atoms with Gasteiger partial charge in [0.1, 0.15) is 6.61 Å². The predicted octanol–water partition coefficient (Wildman–Crippen LogP) is 0.718. The molecule has 0 aliphatic heterocycles. The molecule has 0 spiro atoms. The Morgan fingerprint density at radius 2 is 2.38 bits per heavy atom. The first-order valence-electron chi connectivity index (χ1n) is 4.45. The van der Waals surface area contributed by atoms with E-state index in [2.05, 4.69) is 5.48 Å². The summed E-state index contributed by atoms with van der Waals surface area (Å²) in [5.41, 5.74) is 8.68. The van der Waals surface area contributed by atoms with E-state index >= 15 is 0 Å². The second kappa shape index (κ2) is 6.08.